The number of carbonyl (C=O) groups is 7. The molecule has 3 aliphatic heterocycles. The minimum absolute atomic E-state index is 0.0209. The Bertz CT molecular complexity index is 2810. The normalized spacial score (nSPS) is 38.5. The summed E-state index contributed by atoms with van der Waals surface area (Å²) in [6, 6.07) is -1.37. The van der Waals surface area contributed by atoms with Gasteiger partial charge >= 0.3 is 11.9 Å². The number of carbonyl (C=O) groups excluding carboxylic acids is 5. The van der Waals surface area contributed by atoms with E-state index < -0.39 is 208 Å². The second-order valence-corrected chi connectivity index (χ2v) is 31.6. The maximum absolute atomic E-state index is 14.2. The molecule has 3 heterocycles. The van der Waals surface area contributed by atoms with Crippen molar-refractivity contribution < 1.29 is 142 Å². The lowest BCUT2D eigenvalue weighted by Gasteiger charge is -2.49. The zero-order valence-corrected chi connectivity index (χ0v) is 63.5. The zero-order chi connectivity index (χ0) is 78.6. The second-order valence-electron chi connectivity index (χ2n) is 31.6. The molecule has 8 rings (SSSR count). The summed E-state index contributed by atoms with van der Waals surface area (Å²) < 4.78 is 62.6. The van der Waals surface area contributed by atoms with Crippen molar-refractivity contribution in [2.24, 2.45) is 47.3 Å². The summed E-state index contributed by atoms with van der Waals surface area (Å²) in [4.78, 5) is 92.6. The fourth-order valence-corrected chi connectivity index (χ4v) is 17.4. The molecule has 0 bridgehead atoms. The predicted molar refractivity (Wildman–Crippen MR) is 379 cm³/mol. The lowest BCUT2D eigenvalue weighted by Crippen LogP contribution is -2.67. The van der Waals surface area contributed by atoms with Crippen LogP contribution in [0.4, 0.5) is 0 Å². The van der Waals surface area contributed by atoms with E-state index in [0.29, 0.717) is 19.3 Å². The standard InChI is InChI=1S/C75H126N4O29/c1-7-43-30-45(32-51(68(43)108-75-65(93)63(91)59(87)39(5)101-75)105-73-57(79-40(6)82)69(61(89)54(36-81)106-73)104-53(72(97)98)29-42-18-13-10-14-19-42)48(83)20-15-23-76-55(84)21-26-99-27-22-56(85)77-24-25-78-70(94)46-31-44(8-2)67(107-74-64(92)62(90)58(86)38(4)100-74)50(33-46)102-49-34-47(35-80)60(88)66(37(49)3)103-52(71(95)96)28-41-16-11-9-12-17-41/h37-39,41-47,49-54,57-69,73-75,80-81,86-93H,7-36H2,1-6H3,(H,76,84)(H,77,85)(H,78,94)(H,79,82)(H,95,96)(H,97,98)/t37-,38-,39-,43-,44-,45+,46+,47+,49+,50+,51+,52-,53-,54+,57+,58+,59+,60-,61-,62+,63+,64-,65-,66+,67+,68+,69+,73?,74-,75-/m0/s1. The molecule has 108 heavy (non-hydrogen) atoms. The molecule has 8 fully saturated rings. The van der Waals surface area contributed by atoms with Crippen LogP contribution < -0.4 is 21.3 Å². The van der Waals surface area contributed by atoms with E-state index in [1.807, 2.05) is 13.8 Å². The Labute approximate surface area is 632 Å². The fraction of sp³-hybridized carbons (Fsp3) is 0.907. The molecular formula is C75H126N4O29. The van der Waals surface area contributed by atoms with Crippen LogP contribution in [0.3, 0.4) is 0 Å². The third-order valence-corrected chi connectivity index (χ3v) is 23.9. The average Bonchev–Trinajstić information content (AvgIpc) is 0.791. The number of aliphatic hydroxyl groups is 10. The van der Waals surface area contributed by atoms with Gasteiger partial charge in [0, 0.05) is 76.1 Å². The summed E-state index contributed by atoms with van der Waals surface area (Å²) in [7, 11) is 0. The van der Waals surface area contributed by atoms with Gasteiger partial charge in [-0.25, -0.2) is 9.59 Å². The maximum Gasteiger partial charge on any atom is 0.332 e. The van der Waals surface area contributed by atoms with Crippen molar-refractivity contribution in [3.05, 3.63) is 0 Å². The molecule has 1 unspecified atom stereocenters. The molecular weight excluding hydrogens is 1420 g/mol. The Hall–Kier alpha value is -4.31. The fourth-order valence-electron chi connectivity index (χ4n) is 17.4. The van der Waals surface area contributed by atoms with Crippen molar-refractivity contribution in [1.29, 1.82) is 0 Å². The van der Waals surface area contributed by atoms with Crippen molar-refractivity contribution in [2.45, 2.75) is 336 Å². The molecule has 0 spiro atoms. The topological polar surface area (TPSA) is 503 Å². The number of carboxylic acid groups (broad SMARTS) is 2. The molecule has 0 radical (unpaired) electrons. The molecule has 4 amide bonds. The number of Topliss-reactive ketones (excluding diaryl/α,β-unsaturated/α-hetero) is 1. The van der Waals surface area contributed by atoms with Crippen LogP contribution in [0.2, 0.25) is 0 Å². The third kappa shape index (κ3) is 24.4. The van der Waals surface area contributed by atoms with Gasteiger partial charge in [0.15, 0.2) is 31.1 Å². The molecule has 5 saturated carbocycles. The van der Waals surface area contributed by atoms with Crippen LogP contribution >= 0.6 is 0 Å². The summed E-state index contributed by atoms with van der Waals surface area (Å²) in [5.74, 6) is -7.74. The number of hydrogen-bond donors (Lipinski definition) is 16. The molecule has 8 aliphatic rings. The van der Waals surface area contributed by atoms with Gasteiger partial charge in [0.25, 0.3) is 0 Å². The third-order valence-electron chi connectivity index (χ3n) is 23.9. The number of carboxylic acids is 2. The van der Waals surface area contributed by atoms with E-state index in [4.69, 9.17) is 47.4 Å². The van der Waals surface area contributed by atoms with Crippen LogP contribution in [0.1, 0.15) is 189 Å². The summed E-state index contributed by atoms with van der Waals surface area (Å²) in [5, 5.41) is 141. The highest BCUT2D eigenvalue weighted by Gasteiger charge is 2.55. The van der Waals surface area contributed by atoms with Crippen LogP contribution in [0.5, 0.6) is 0 Å². The number of rotatable bonds is 38. The van der Waals surface area contributed by atoms with Crippen LogP contribution in [0, 0.1) is 47.3 Å². The van der Waals surface area contributed by atoms with E-state index in [1.165, 1.54) is 20.8 Å². The lowest BCUT2D eigenvalue weighted by molar-refractivity contribution is -0.338. The first kappa shape index (κ1) is 89.2. The lowest BCUT2D eigenvalue weighted by atomic mass is 9.74. The van der Waals surface area contributed by atoms with Gasteiger partial charge in [-0.2, -0.15) is 0 Å². The van der Waals surface area contributed by atoms with Crippen molar-refractivity contribution in [1.82, 2.24) is 21.3 Å². The van der Waals surface area contributed by atoms with E-state index in [-0.39, 0.29) is 138 Å². The van der Waals surface area contributed by atoms with Gasteiger partial charge in [0.2, 0.25) is 23.6 Å². The Morgan fingerprint density at radius 2 is 0.963 bits per heavy atom. The number of nitrogens with one attached hydrogen (secondary N) is 4. The highest BCUT2D eigenvalue weighted by atomic mass is 16.7. The van der Waals surface area contributed by atoms with Gasteiger partial charge in [-0.1, -0.05) is 97.8 Å². The Morgan fingerprint density at radius 1 is 0.472 bits per heavy atom. The molecule has 3 saturated heterocycles. The number of amides is 4. The van der Waals surface area contributed by atoms with E-state index in [9.17, 15) is 94.8 Å². The van der Waals surface area contributed by atoms with Crippen molar-refractivity contribution in [2.75, 3.05) is 46.1 Å². The van der Waals surface area contributed by atoms with Crippen LogP contribution in [-0.4, -0.2) is 296 Å². The Balaban J connectivity index is 0.802. The molecule has 0 aromatic heterocycles. The van der Waals surface area contributed by atoms with Gasteiger partial charge in [0.05, 0.1) is 74.8 Å². The van der Waals surface area contributed by atoms with E-state index in [0.717, 1.165) is 64.2 Å². The summed E-state index contributed by atoms with van der Waals surface area (Å²) >= 11 is 0. The highest BCUT2D eigenvalue weighted by Crippen LogP contribution is 2.45. The maximum atomic E-state index is 14.2. The molecule has 0 aromatic carbocycles. The van der Waals surface area contributed by atoms with Gasteiger partial charge < -0.3 is 130 Å². The van der Waals surface area contributed by atoms with Gasteiger partial charge in [-0.05, 0) is 88.9 Å². The molecule has 0 aromatic rings. The second kappa shape index (κ2) is 43.3. The zero-order valence-electron chi connectivity index (χ0n) is 63.5. The smallest absolute Gasteiger partial charge is 0.332 e. The minimum Gasteiger partial charge on any atom is -0.479 e. The number of aliphatic hydroxyl groups excluding tert-OH is 10. The molecule has 16 N–H and O–H groups in total. The van der Waals surface area contributed by atoms with Gasteiger partial charge in [-0.3, -0.25) is 24.0 Å². The average molecular weight is 1550 g/mol. The van der Waals surface area contributed by atoms with E-state index >= 15 is 0 Å². The van der Waals surface area contributed by atoms with Crippen molar-refractivity contribution in [3.63, 3.8) is 0 Å². The van der Waals surface area contributed by atoms with Crippen molar-refractivity contribution in [3.8, 4) is 0 Å². The first-order valence-corrected chi connectivity index (χ1v) is 39.8. The SMILES string of the molecule is CC[C@H]1C[C@@H](C(=O)CCCNC(=O)CCOCCC(=O)NCCNC(=O)[C@@H]2C[C@H](CC)[C@@H](O[C@@H]3O[C@@H](C)[C@@H](O)[C@@H](O)[C@@H]3O)[C@H](O[C@@H]3C[C@H](CO)[C@H](O)[C@H](O[C@@H](CC4CCCCC4)C(=O)O)[C@H]3C)C2)C[C@@H](OC2O[C@H](CO)[C@H](O)[C@H](O[C@@H](CC3CCCCC3)C(=O)O)[C@H]2NC(C)=O)[C@@H]1O[C@@H]1O[C@@H](C)[C@@H](O)[C@@H](O)[C@@H]1O. The first-order chi connectivity index (χ1) is 51.5. The minimum atomic E-state index is -1.72. The Kier molecular flexibility index (Phi) is 35.7. The quantitative estimate of drug-likeness (QED) is 0.0365. The Morgan fingerprint density at radius 3 is 1.46 bits per heavy atom. The van der Waals surface area contributed by atoms with Crippen molar-refractivity contribution >= 4 is 41.4 Å². The molecule has 30 atom stereocenters. The van der Waals surface area contributed by atoms with Gasteiger partial charge in [0.1, 0.15) is 66.8 Å². The predicted octanol–water partition coefficient (Wildman–Crippen LogP) is 0.127. The number of hydrogen-bond acceptors (Lipinski definition) is 27. The summed E-state index contributed by atoms with van der Waals surface area (Å²) in [6.45, 7) is 8.71. The van der Waals surface area contributed by atoms with E-state index in [2.05, 4.69) is 21.3 Å². The number of ketones is 1. The van der Waals surface area contributed by atoms with Crippen LogP contribution in [0.25, 0.3) is 0 Å². The molecule has 33 heteroatoms. The van der Waals surface area contributed by atoms with E-state index in [1.54, 1.807) is 6.92 Å². The monoisotopic (exact) mass is 1550 g/mol. The number of ether oxygens (including phenoxy) is 10. The summed E-state index contributed by atoms with van der Waals surface area (Å²) in [6.07, 6.45) is -18.3. The first-order valence-electron chi connectivity index (χ1n) is 39.8. The largest absolute Gasteiger partial charge is 0.479 e. The molecule has 5 aliphatic carbocycles. The molecule has 620 valence electrons. The number of aliphatic carboxylic acids is 2. The van der Waals surface area contributed by atoms with Gasteiger partial charge in [-0.15, -0.1) is 0 Å². The van der Waals surface area contributed by atoms with Crippen LogP contribution in [0.15, 0.2) is 0 Å². The highest BCUT2D eigenvalue weighted by molar-refractivity contribution is 5.81. The molecule has 33 nitrogen and oxygen atoms in total. The van der Waals surface area contributed by atoms with Crippen LogP contribution in [-0.2, 0) is 80.9 Å². The summed E-state index contributed by atoms with van der Waals surface area (Å²) in [5.41, 5.74) is 0.